The number of anilines is 1. The number of ether oxygens (including phenoxy) is 1. The first-order valence-electron chi connectivity index (χ1n) is 9.01. The summed E-state index contributed by atoms with van der Waals surface area (Å²) >= 11 is 13.9. The number of nitrogens with one attached hydrogen (secondary N) is 1. The van der Waals surface area contributed by atoms with Crippen molar-refractivity contribution in [3.63, 3.8) is 0 Å². The van der Waals surface area contributed by atoms with Crippen molar-refractivity contribution in [2.45, 2.75) is 12.5 Å². The highest BCUT2D eigenvalue weighted by molar-refractivity contribution is 7.22. The number of fused-ring (bicyclic) bond motifs is 4. The number of aromatic amines is 1. The molecule has 2 aromatic heterocycles. The lowest BCUT2D eigenvalue weighted by atomic mass is 9.92. The van der Waals surface area contributed by atoms with Crippen molar-refractivity contribution in [2.75, 3.05) is 18.1 Å². The number of H-pyrrole nitrogens is 1. The Morgan fingerprint density at radius 1 is 1.28 bits per heavy atom. The number of carbonyl (C=O) groups excluding carboxylic acids is 1. The number of primary amides is 1. The molecule has 1 aliphatic heterocycles. The van der Waals surface area contributed by atoms with Crippen LogP contribution in [0, 0.1) is 0 Å². The zero-order valence-corrected chi connectivity index (χ0v) is 17.4. The molecule has 1 unspecified atom stereocenters. The second-order valence-corrected chi connectivity index (χ2v) is 8.91. The molecule has 0 saturated carbocycles. The van der Waals surface area contributed by atoms with Gasteiger partial charge in [-0.25, -0.2) is 9.78 Å². The number of halogens is 2. The van der Waals surface area contributed by atoms with E-state index in [-0.39, 0.29) is 12.5 Å². The summed E-state index contributed by atoms with van der Waals surface area (Å²) in [5.41, 5.74) is 9.31. The summed E-state index contributed by atoms with van der Waals surface area (Å²) in [7, 11) is 0. The lowest BCUT2D eigenvalue weighted by Gasteiger charge is -2.32. The highest BCUT2D eigenvalue weighted by Gasteiger charge is 2.31. The summed E-state index contributed by atoms with van der Waals surface area (Å²) in [4.78, 5) is 21.7. The third kappa shape index (κ3) is 3.39. The topological polar surface area (TPSA) is 84.2 Å². The van der Waals surface area contributed by atoms with Crippen molar-refractivity contribution in [3.05, 3.63) is 57.7 Å². The number of hydrogen-bond acceptors (Lipinski definition) is 5. The molecule has 2 aromatic carbocycles. The molecule has 3 N–H and O–H groups in total. The first-order chi connectivity index (χ1) is 14.0. The highest BCUT2D eigenvalue weighted by atomic mass is 35.5. The average Bonchev–Trinajstić information content (AvgIpc) is 3.26. The number of nitrogens with two attached hydrogens (primary N) is 1. The Kier molecular flexibility index (Phi) is 4.53. The van der Waals surface area contributed by atoms with Gasteiger partial charge in [0.05, 0.1) is 16.8 Å². The van der Waals surface area contributed by atoms with Crippen LogP contribution in [0.2, 0.25) is 10.0 Å². The molecule has 9 heteroatoms. The number of thiazole rings is 1. The van der Waals surface area contributed by atoms with Gasteiger partial charge in [-0.2, -0.15) is 0 Å². The predicted octanol–water partition coefficient (Wildman–Crippen LogP) is 5.28. The minimum Gasteiger partial charge on any atom is -0.449 e. The molecule has 148 valence electrons. The summed E-state index contributed by atoms with van der Waals surface area (Å²) in [6, 6.07) is 11.4. The Bertz CT molecular complexity index is 1250. The first kappa shape index (κ1) is 18.5. The van der Waals surface area contributed by atoms with Gasteiger partial charge in [-0.3, -0.25) is 0 Å². The van der Waals surface area contributed by atoms with Crippen molar-refractivity contribution >= 4 is 66.9 Å². The molecule has 1 aliphatic rings. The summed E-state index contributed by atoms with van der Waals surface area (Å²) in [5, 5.41) is 3.29. The van der Waals surface area contributed by atoms with Crippen LogP contribution >= 0.6 is 34.5 Å². The van der Waals surface area contributed by atoms with Crippen molar-refractivity contribution in [1.82, 2.24) is 9.97 Å². The van der Waals surface area contributed by atoms with Gasteiger partial charge in [0.1, 0.15) is 6.61 Å². The van der Waals surface area contributed by atoms with Gasteiger partial charge in [-0.05, 0) is 42.0 Å². The quantitative estimate of drug-likeness (QED) is 0.447. The maximum Gasteiger partial charge on any atom is 0.404 e. The van der Waals surface area contributed by atoms with E-state index in [0.717, 1.165) is 37.5 Å². The van der Waals surface area contributed by atoms with E-state index >= 15 is 0 Å². The third-order valence-electron chi connectivity index (χ3n) is 5.12. The number of rotatable bonds is 3. The van der Waals surface area contributed by atoms with E-state index in [4.69, 9.17) is 38.7 Å². The second-order valence-electron chi connectivity index (χ2n) is 7.02. The summed E-state index contributed by atoms with van der Waals surface area (Å²) in [6.45, 7) is 1.50. The summed E-state index contributed by atoms with van der Waals surface area (Å²) in [5.74, 6) is -0.0610. The fourth-order valence-corrected chi connectivity index (χ4v) is 5.35. The van der Waals surface area contributed by atoms with E-state index in [0.29, 0.717) is 23.1 Å². The van der Waals surface area contributed by atoms with Crippen LogP contribution < -0.4 is 10.6 Å². The smallest absolute Gasteiger partial charge is 0.404 e. The first-order valence-corrected chi connectivity index (χ1v) is 10.6. The van der Waals surface area contributed by atoms with Gasteiger partial charge in [0.15, 0.2) is 5.13 Å². The molecule has 0 radical (unpaired) electrons. The van der Waals surface area contributed by atoms with Gasteiger partial charge in [-0.15, -0.1) is 0 Å². The predicted molar refractivity (Wildman–Crippen MR) is 117 cm³/mol. The molecule has 4 aromatic rings. The monoisotopic (exact) mass is 446 g/mol. The third-order valence-corrected chi connectivity index (χ3v) is 6.67. The van der Waals surface area contributed by atoms with Crippen molar-refractivity contribution in [3.8, 4) is 0 Å². The van der Waals surface area contributed by atoms with E-state index in [1.165, 1.54) is 0 Å². The Hall–Kier alpha value is -2.48. The number of nitrogens with zero attached hydrogens (tertiary/aromatic N) is 2. The molecule has 29 heavy (non-hydrogen) atoms. The van der Waals surface area contributed by atoms with Gasteiger partial charge in [0.2, 0.25) is 0 Å². The molecule has 6 nitrogen and oxygen atoms in total. The minimum absolute atomic E-state index is 0.0610. The molecule has 0 aliphatic carbocycles. The van der Waals surface area contributed by atoms with Crippen molar-refractivity contribution < 1.29 is 9.53 Å². The van der Waals surface area contributed by atoms with Crippen LogP contribution in [0.25, 0.3) is 21.1 Å². The normalized spacial score (nSPS) is 16.3. The molecule has 1 amide bonds. The van der Waals surface area contributed by atoms with Crippen LogP contribution in [-0.4, -0.2) is 29.2 Å². The number of amides is 1. The highest BCUT2D eigenvalue weighted by Crippen LogP contribution is 2.39. The molecule has 3 heterocycles. The molecule has 0 saturated heterocycles. The molecule has 1 atom stereocenters. The van der Waals surface area contributed by atoms with Gasteiger partial charge < -0.3 is 20.4 Å². The number of carbonyl (C=O) groups is 1. The number of hydrogen-bond donors (Lipinski definition) is 2. The molecule has 0 fully saturated rings. The lowest BCUT2D eigenvalue weighted by molar-refractivity contribution is 0.148. The van der Waals surface area contributed by atoms with Gasteiger partial charge in [-0.1, -0.05) is 34.5 Å². The van der Waals surface area contributed by atoms with Crippen LogP contribution in [0.1, 0.15) is 17.2 Å². The summed E-state index contributed by atoms with van der Waals surface area (Å²) in [6.07, 6.45) is -0.781. The van der Waals surface area contributed by atoms with Crippen LogP contribution in [0.4, 0.5) is 9.93 Å². The standard InChI is InChI=1S/C20H16Cl2N4O2S/c21-11-1-3-14-13(5-11)18-10(9-28-19(23)27)7-26(8-16(18)24-14)20-25-15-4-2-12(22)6-17(15)29-20/h1-6,10,24H,7-9H2,(H2,23,27). The molecule has 5 rings (SSSR count). The van der Waals surface area contributed by atoms with Crippen LogP contribution in [-0.2, 0) is 11.3 Å². The Morgan fingerprint density at radius 3 is 2.90 bits per heavy atom. The van der Waals surface area contributed by atoms with Gasteiger partial charge in [0, 0.05) is 39.1 Å². The number of benzene rings is 2. The van der Waals surface area contributed by atoms with Crippen molar-refractivity contribution in [2.24, 2.45) is 5.73 Å². The van der Waals surface area contributed by atoms with Gasteiger partial charge in [0.25, 0.3) is 0 Å². The average molecular weight is 447 g/mol. The molecule has 0 spiro atoms. The van der Waals surface area contributed by atoms with Crippen LogP contribution in [0.3, 0.4) is 0 Å². The van der Waals surface area contributed by atoms with E-state index in [2.05, 4.69) is 9.88 Å². The maximum atomic E-state index is 11.2. The number of aromatic nitrogens is 2. The largest absolute Gasteiger partial charge is 0.449 e. The molecular weight excluding hydrogens is 431 g/mol. The van der Waals surface area contributed by atoms with E-state index in [1.807, 2.05) is 36.4 Å². The molecular formula is C20H16Cl2N4O2S. The van der Waals surface area contributed by atoms with E-state index in [1.54, 1.807) is 11.3 Å². The minimum atomic E-state index is -0.781. The molecule has 0 bridgehead atoms. The lowest BCUT2D eigenvalue weighted by Crippen LogP contribution is -2.36. The van der Waals surface area contributed by atoms with Crippen LogP contribution in [0.5, 0.6) is 0 Å². The zero-order chi connectivity index (χ0) is 20.1. The Balaban J connectivity index is 1.57. The zero-order valence-electron chi connectivity index (χ0n) is 15.1. The summed E-state index contributed by atoms with van der Waals surface area (Å²) < 4.78 is 6.21. The fourth-order valence-electron chi connectivity index (χ4n) is 3.93. The van der Waals surface area contributed by atoms with Crippen molar-refractivity contribution in [1.29, 1.82) is 0 Å². The van der Waals surface area contributed by atoms with Gasteiger partial charge >= 0.3 is 6.09 Å². The van der Waals surface area contributed by atoms with E-state index < -0.39 is 6.09 Å². The Labute approximate surface area is 180 Å². The second kappa shape index (κ2) is 7.09. The fraction of sp³-hybridized carbons (Fsp3) is 0.200. The van der Waals surface area contributed by atoms with E-state index in [9.17, 15) is 4.79 Å². The maximum absolute atomic E-state index is 11.2. The SMILES string of the molecule is NC(=O)OCC1CN(c2nc3ccc(Cl)cc3s2)Cc2[nH]c3ccc(Cl)cc3c21. The Morgan fingerprint density at radius 2 is 2.07 bits per heavy atom. The van der Waals surface area contributed by atoms with Crippen LogP contribution in [0.15, 0.2) is 36.4 Å².